The first-order valence-electron chi connectivity index (χ1n) is 12.7. The van der Waals surface area contributed by atoms with E-state index in [0.717, 1.165) is 55.6 Å². The molecule has 1 aromatic heterocycles. The minimum absolute atomic E-state index is 0.129. The van der Waals surface area contributed by atoms with Gasteiger partial charge in [0.25, 0.3) is 0 Å². The predicted molar refractivity (Wildman–Crippen MR) is 145 cm³/mol. The van der Waals surface area contributed by atoms with E-state index in [2.05, 4.69) is 21.0 Å². The Kier molecular flexibility index (Phi) is 10.0. The molecule has 0 N–H and O–H groups in total. The van der Waals surface area contributed by atoms with E-state index in [1.807, 2.05) is 55.5 Å². The van der Waals surface area contributed by atoms with E-state index in [9.17, 15) is 4.79 Å². The van der Waals surface area contributed by atoms with Crippen LogP contribution in [0.4, 0.5) is 5.69 Å². The fraction of sp³-hybridized carbons (Fsp3) is 0.481. The number of nitrogens with zero attached hydrogens (tertiary/aromatic N) is 5. The average Bonchev–Trinajstić information content (AvgIpc) is 3.23. The van der Waals surface area contributed by atoms with Crippen molar-refractivity contribution in [3.8, 4) is 5.75 Å². The van der Waals surface area contributed by atoms with Gasteiger partial charge in [-0.1, -0.05) is 35.9 Å². The van der Waals surface area contributed by atoms with Crippen molar-refractivity contribution < 1.29 is 14.2 Å². The van der Waals surface area contributed by atoms with Crippen LogP contribution in [0.1, 0.15) is 25.3 Å². The zero-order valence-corrected chi connectivity index (χ0v) is 22.3. The molecule has 2 heterocycles. The number of benzene rings is 2. The third kappa shape index (κ3) is 7.58. The van der Waals surface area contributed by atoms with Gasteiger partial charge in [0.2, 0.25) is 0 Å². The van der Waals surface area contributed by atoms with Crippen LogP contribution in [0.15, 0.2) is 59.4 Å². The summed E-state index contributed by atoms with van der Waals surface area (Å²) in [4.78, 5) is 18.0. The van der Waals surface area contributed by atoms with Crippen LogP contribution in [0.25, 0.3) is 0 Å². The summed E-state index contributed by atoms with van der Waals surface area (Å²) in [5, 5.41) is 5.38. The van der Waals surface area contributed by atoms with Crippen LogP contribution in [-0.4, -0.2) is 72.5 Å². The standard InChI is InChI=1S/C27H36ClN5O4/c1-22(37-21-35-2)26-29-33(27(34)32(26)18-19-36-25-10-4-3-5-11-25)13-7-12-30-14-16-31(17-15-30)24-9-6-8-23(28)20-24/h3-6,8-11,20,22H,7,12-19,21H2,1-2H3. The molecule has 1 aliphatic rings. The van der Waals surface area contributed by atoms with Gasteiger partial charge < -0.3 is 19.1 Å². The number of hydrogen-bond donors (Lipinski definition) is 0. The Hall–Kier alpha value is -2.85. The molecule has 0 spiro atoms. The maximum atomic E-state index is 13.2. The summed E-state index contributed by atoms with van der Waals surface area (Å²) in [5.41, 5.74) is 1.02. The smallest absolute Gasteiger partial charge is 0.346 e. The van der Waals surface area contributed by atoms with Gasteiger partial charge in [0, 0.05) is 57.1 Å². The first-order chi connectivity index (χ1) is 18.0. The number of halogens is 1. The number of hydrogen-bond acceptors (Lipinski definition) is 7. The summed E-state index contributed by atoms with van der Waals surface area (Å²) in [6, 6.07) is 17.6. The van der Waals surface area contributed by atoms with Crippen molar-refractivity contribution in [3.05, 3.63) is 75.9 Å². The molecule has 9 nitrogen and oxygen atoms in total. The zero-order chi connectivity index (χ0) is 26.0. The van der Waals surface area contributed by atoms with Crippen molar-refractivity contribution in [2.45, 2.75) is 32.5 Å². The topological polar surface area (TPSA) is 74.0 Å². The SMILES string of the molecule is COCOC(C)c1nn(CCCN2CCN(c3cccc(Cl)c3)CC2)c(=O)n1CCOc1ccccc1. The van der Waals surface area contributed by atoms with E-state index in [1.54, 1.807) is 16.4 Å². The molecule has 1 aliphatic heterocycles. The Morgan fingerprint density at radius 1 is 1.00 bits per heavy atom. The minimum Gasteiger partial charge on any atom is -0.492 e. The van der Waals surface area contributed by atoms with Gasteiger partial charge in [0.05, 0.1) is 6.54 Å². The quantitative estimate of drug-likeness (QED) is 0.313. The summed E-state index contributed by atoms with van der Waals surface area (Å²) in [7, 11) is 1.57. The summed E-state index contributed by atoms with van der Waals surface area (Å²) in [6.07, 6.45) is 0.451. The van der Waals surface area contributed by atoms with Crippen LogP contribution < -0.4 is 15.3 Å². The Bertz CT molecular complexity index is 1160. The van der Waals surface area contributed by atoms with Gasteiger partial charge in [0.15, 0.2) is 5.82 Å². The number of anilines is 1. The molecular weight excluding hydrogens is 494 g/mol. The van der Waals surface area contributed by atoms with Gasteiger partial charge >= 0.3 is 5.69 Å². The van der Waals surface area contributed by atoms with Crippen molar-refractivity contribution in [3.63, 3.8) is 0 Å². The third-order valence-corrected chi connectivity index (χ3v) is 6.70. The fourth-order valence-electron chi connectivity index (χ4n) is 4.48. The number of piperazine rings is 1. The van der Waals surface area contributed by atoms with Crippen molar-refractivity contribution in [1.29, 1.82) is 0 Å². The highest BCUT2D eigenvalue weighted by Gasteiger charge is 2.21. The lowest BCUT2D eigenvalue weighted by molar-refractivity contribution is -0.0706. The van der Waals surface area contributed by atoms with Crippen LogP contribution in [0, 0.1) is 0 Å². The summed E-state index contributed by atoms with van der Waals surface area (Å²) in [5.74, 6) is 1.34. The Morgan fingerprint density at radius 3 is 2.51 bits per heavy atom. The van der Waals surface area contributed by atoms with E-state index in [1.165, 1.54) is 0 Å². The highest BCUT2D eigenvalue weighted by molar-refractivity contribution is 6.30. The van der Waals surface area contributed by atoms with Crippen molar-refractivity contribution in [2.24, 2.45) is 0 Å². The minimum atomic E-state index is -0.384. The van der Waals surface area contributed by atoms with E-state index in [-0.39, 0.29) is 18.6 Å². The molecule has 0 amide bonds. The number of para-hydroxylation sites is 1. The lowest BCUT2D eigenvalue weighted by atomic mass is 10.2. The molecule has 10 heteroatoms. The zero-order valence-electron chi connectivity index (χ0n) is 21.6. The molecule has 3 aromatic rings. The first kappa shape index (κ1) is 27.2. The van der Waals surface area contributed by atoms with Gasteiger partial charge in [-0.25, -0.2) is 9.48 Å². The van der Waals surface area contributed by atoms with Crippen molar-refractivity contribution >= 4 is 17.3 Å². The van der Waals surface area contributed by atoms with Gasteiger partial charge in [0.1, 0.15) is 25.3 Å². The molecule has 1 fully saturated rings. The van der Waals surface area contributed by atoms with E-state index >= 15 is 0 Å². The average molecular weight is 530 g/mol. The molecule has 0 aliphatic carbocycles. The second kappa shape index (κ2) is 13.6. The Labute approximate surface area is 223 Å². The Balaban J connectivity index is 1.32. The third-order valence-electron chi connectivity index (χ3n) is 6.47. The largest absolute Gasteiger partial charge is 0.492 e. The van der Waals surface area contributed by atoms with Crippen LogP contribution in [0.5, 0.6) is 5.75 Å². The molecule has 1 atom stereocenters. The molecule has 4 rings (SSSR count). The monoisotopic (exact) mass is 529 g/mol. The van der Waals surface area contributed by atoms with Crippen LogP contribution >= 0.6 is 11.6 Å². The summed E-state index contributed by atoms with van der Waals surface area (Å²) < 4.78 is 19.7. The predicted octanol–water partition coefficient (Wildman–Crippen LogP) is 3.67. The lowest BCUT2D eigenvalue weighted by Crippen LogP contribution is -2.46. The van der Waals surface area contributed by atoms with Gasteiger partial charge in [-0.05, 0) is 43.7 Å². The fourth-order valence-corrected chi connectivity index (χ4v) is 4.66. The van der Waals surface area contributed by atoms with Gasteiger partial charge in [-0.15, -0.1) is 0 Å². The number of rotatable bonds is 13. The summed E-state index contributed by atoms with van der Waals surface area (Å²) >= 11 is 6.15. The number of aryl methyl sites for hydroxylation is 1. The molecular formula is C27H36ClN5O4. The molecule has 37 heavy (non-hydrogen) atoms. The van der Waals surface area contributed by atoms with Gasteiger partial charge in [-0.3, -0.25) is 9.47 Å². The number of methoxy groups -OCH3 is 1. The Morgan fingerprint density at radius 2 is 1.78 bits per heavy atom. The van der Waals surface area contributed by atoms with Crippen LogP contribution in [-0.2, 0) is 22.6 Å². The second-order valence-electron chi connectivity index (χ2n) is 9.05. The first-order valence-corrected chi connectivity index (χ1v) is 13.1. The highest BCUT2D eigenvalue weighted by Crippen LogP contribution is 2.21. The van der Waals surface area contributed by atoms with E-state index in [4.69, 9.17) is 25.8 Å². The number of aromatic nitrogens is 3. The van der Waals surface area contributed by atoms with Gasteiger partial charge in [-0.2, -0.15) is 5.10 Å². The van der Waals surface area contributed by atoms with Crippen molar-refractivity contribution in [1.82, 2.24) is 19.2 Å². The maximum Gasteiger partial charge on any atom is 0.346 e. The lowest BCUT2D eigenvalue weighted by Gasteiger charge is -2.36. The molecule has 1 saturated heterocycles. The summed E-state index contributed by atoms with van der Waals surface area (Å²) in [6.45, 7) is 8.05. The molecule has 0 bridgehead atoms. The molecule has 0 radical (unpaired) electrons. The van der Waals surface area contributed by atoms with Crippen LogP contribution in [0.3, 0.4) is 0 Å². The molecule has 1 unspecified atom stereocenters. The maximum absolute atomic E-state index is 13.2. The number of ether oxygens (including phenoxy) is 3. The van der Waals surface area contributed by atoms with E-state index in [0.29, 0.717) is 25.5 Å². The normalized spacial score (nSPS) is 15.2. The molecule has 0 saturated carbocycles. The van der Waals surface area contributed by atoms with E-state index < -0.39 is 0 Å². The second-order valence-corrected chi connectivity index (χ2v) is 9.49. The van der Waals surface area contributed by atoms with Crippen LogP contribution in [0.2, 0.25) is 5.02 Å². The highest BCUT2D eigenvalue weighted by atomic mass is 35.5. The molecule has 200 valence electrons. The molecule has 2 aromatic carbocycles. The van der Waals surface area contributed by atoms with Crippen molar-refractivity contribution in [2.75, 3.05) is 58.1 Å².